The summed E-state index contributed by atoms with van der Waals surface area (Å²) in [5.41, 5.74) is 5.08. The Morgan fingerprint density at radius 3 is 2.32 bits per heavy atom. The van der Waals surface area contributed by atoms with E-state index in [-0.39, 0.29) is 5.91 Å². The first-order valence-corrected chi connectivity index (χ1v) is 12.6. The number of nitrogens with one attached hydrogen (secondary N) is 1. The normalized spacial score (nSPS) is 16.4. The van der Waals surface area contributed by atoms with Gasteiger partial charge in [0.25, 0.3) is 0 Å². The molecule has 4 rings (SSSR count). The standard InChI is InChI=1S/C30H37N3O/c1-25-24-33(29-18-11-10-17-28(29)27-15-7-3-8-16-27)22-21-32(25)20-12-4-9-19-30(34)31-23-26-13-5-2-6-14-26/h2-3,5-8,10-11,13-18,25H,4,9,12,19-24H2,1H3,(H,31,34)/t25-/m1/s1. The minimum Gasteiger partial charge on any atom is -0.368 e. The molecule has 0 aromatic heterocycles. The number of hydrogen-bond donors (Lipinski definition) is 1. The molecule has 1 fully saturated rings. The molecule has 178 valence electrons. The molecule has 1 amide bonds. The van der Waals surface area contributed by atoms with Crippen LogP contribution < -0.4 is 10.2 Å². The van der Waals surface area contributed by atoms with Gasteiger partial charge in [0.1, 0.15) is 0 Å². The second-order valence-electron chi connectivity index (χ2n) is 9.29. The largest absolute Gasteiger partial charge is 0.368 e. The molecule has 1 atom stereocenters. The van der Waals surface area contributed by atoms with Gasteiger partial charge >= 0.3 is 0 Å². The second-order valence-corrected chi connectivity index (χ2v) is 9.29. The van der Waals surface area contributed by atoms with Gasteiger partial charge in [-0.3, -0.25) is 9.69 Å². The Hall–Kier alpha value is -3.11. The summed E-state index contributed by atoms with van der Waals surface area (Å²) in [6, 6.07) is 30.1. The summed E-state index contributed by atoms with van der Waals surface area (Å²) in [5.74, 6) is 0.155. The molecule has 0 unspecified atom stereocenters. The fourth-order valence-corrected chi connectivity index (χ4v) is 4.82. The molecule has 4 nitrogen and oxygen atoms in total. The zero-order chi connectivity index (χ0) is 23.6. The Labute approximate surface area is 204 Å². The molecule has 1 aliphatic heterocycles. The van der Waals surface area contributed by atoms with Crippen LogP contribution in [-0.4, -0.2) is 43.0 Å². The highest BCUT2D eigenvalue weighted by atomic mass is 16.1. The predicted molar refractivity (Wildman–Crippen MR) is 142 cm³/mol. The van der Waals surface area contributed by atoms with Crippen LogP contribution in [0, 0.1) is 0 Å². The van der Waals surface area contributed by atoms with Crippen LogP contribution in [0.2, 0.25) is 0 Å². The Balaban J connectivity index is 1.18. The Morgan fingerprint density at radius 2 is 1.56 bits per heavy atom. The average molecular weight is 456 g/mol. The van der Waals surface area contributed by atoms with Gasteiger partial charge in [0.05, 0.1) is 0 Å². The van der Waals surface area contributed by atoms with Crippen LogP contribution in [0.4, 0.5) is 5.69 Å². The molecule has 4 heteroatoms. The fraction of sp³-hybridized carbons (Fsp3) is 0.367. The van der Waals surface area contributed by atoms with Gasteiger partial charge in [-0.1, -0.05) is 85.3 Å². The van der Waals surface area contributed by atoms with E-state index < -0.39 is 0 Å². The molecule has 0 aliphatic carbocycles. The minimum atomic E-state index is 0.155. The summed E-state index contributed by atoms with van der Waals surface area (Å²) in [6.07, 6.45) is 3.82. The van der Waals surface area contributed by atoms with Crippen LogP contribution in [0.1, 0.15) is 38.2 Å². The number of benzene rings is 3. The van der Waals surface area contributed by atoms with Crippen molar-refractivity contribution in [1.82, 2.24) is 10.2 Å². The first kappa shape index (κ1) is 24.0. The number of rotatable bonds is 10. The van der Waals surface area contributed by atoms with E-state index in [4.69, 9.17) is 0 Å². The lowest BCUT2D eigenvalue weighted by Crippen LogP contribution is -2.52. The van der Waals surface area contributed by atoms with Crippen molar-refractivity contribution in [3.05, 3.63) is 90.5 Å². The molecule has 3 aromatic carbocycles. The maximum Gasteiger partial charge on any atom is 0.220 e. The van der Waals surface area contributed by atoms with E-state index in [9.17, 15) is 4.79 Å². The summed E-state index contributed by atoms with van der Waals surface area (Å²) in [5, 5.41) is 3.03. The summed E-state index contributed by atoms with van der Waals surface area (Å²) < 4.78 is 0. The van der Waals surface area contributed by atoms with Gasteiger partial charge in [0, 0.05) is 49.9 Å². The third-order valence-corrected chi connectivity index (χ3v) is 6.78. The highest BCUT2D eigenvalue weighted by molar-refractivity contribution is 5.78. The van der Waals surface area contributed by atoms with Crippen LogP contribution in [0.25, 0.3) is 11.1 Å². The van der Waals surface area contributed by atoms with Crippen molar-refractivity contribution in [3.63, 3.8) is 0 Å². The van der Waals surface area contributed by atoms with Crippen LogP contribution in [-0.2, 0) is 11.3 Å². The van der Waals surface area contributed by atoms with E-state index in [1.807, 2.05) is 30.3 Å². The molecule has 1 saturated heterocycles. The van der Waals surface area contributed by atoms with E-state index in [1.165, 1.54) is 16.8 Å². The van der Waals surface area contributed by atoms with E-state index >= 15 is 0 Å². The van der Waals surface area contributed by atoms with Gasteiger partial charge in [-0.25, -0.2) is 0 Å². The van der Waals surface area contributed by atoms with E-state index in [0.717, 1.165) is 51.0 Å². The number of para-hydroxylation sites is 1. The molecular formula is C30H37N3O. The smallest absolute Gasteiger partial charge is 0.220 e. The molecule has 0 saturated carbocycles. The first-order valence-electron chi connectivity index (χ1n) is 12.6. The van der Waals surface area contributed by atoms with E-state index in [1.54, 1.807) is 0 Å². The molecule has 0 radical (unpaired) electrons. The number of carbonyl (C=O) groups is 1. The van der Waals surface area contributed by atoms with Gasteiger partial charge in [-0.2, -0.15) is 0 Å². The Kier molecular flexibility index (Phi) is 8.75. The summed E-state index contributed by atoms with van der Waals surface area (Å²) in [7, 11) is 0. The molecule has 0 bridgehead atoms. The van der Waals surface area contributed by atoms with Gasteiger partial charge in [0.15, 0.2) is 0 Å². The molecule has 3 aromatic rings. The quantitative estimate of drug-likeness (QED) is 0.396. The van der Waals surface area contributed by atoms with Crippen molar-refractivity contribution < 1.29 is 4.79 Å². The van der Waals surface area contributed by atoms with Crippen molar-refractivity contribution in [2.75, 3.05) is 31.1 Å². The maximum atomic E-state index is 12.1. The number of piperazine rings is 1. The topological polar surface area (TPSA) is 35.6 Å². The number of anilines is 1. The molecule has 1 heterocycles. The second kappa shape index (κ2) is 12.4. The molecular weight excluding hydrogens is 418 g/mol. The first-order chi connectivity index (χ1) is 16.7. The lowest BCUT2D eigenvalue weighted by molar-refractivity contribution is -0.121. The number of carbonyl (C=O) groups excluding carboxylic acids is 1. The lowest BCUT2D eigenvalue weighted by atomic mass is 10.0. The highest BCUT2D eigenvalue weighted by Gasteiger charge is 2.24. The Morgan fingerprint density at radius 1 is 0.853 bits per heavy atom. The van der Waals surface area contributed by atoms with Crippen LogP contribution >= 0.6 is 0 Å². The van der Waals surface area contributed by atoms with Crippen molar-refractivity contribution >= 4 is 11.6 Å². The molecule has 34 heavy (non-hydrogen) atoms. The number of nitrogens with zero attached hydrogens (tertiary/aromatic N) is 2. The SMILES string of the molecule is C[C@@H]1CN(c2ccccc2-c2ccccc2)CCN1CCCCCC(=O)NCc1ccccc1. The average Bonchev–Trinajstić information content (AvgIpc) is 2.89. The highest BCUT2D eigenvalue weighted by Crippen LogP contribution is 2.32. The molecule has 1 aliphatic rings. The Bertz CT molecular complexity index is 1020. The van der Waals surface area contributed by atoms with E-state index in [2.05, 4.69) is 76.6 Å². The predicted octanol–water partition coefficient (Wildman–Crippen LogP) is 5.74. The van der Waals surface area contributed by atoms with Gasteiger partial charge in [-0.05, 0) is 43.5 Å². The summed E-state index contributed by atoms with van der Waals surface area (Å²) >= 11 is 0. The fourth-order valence-electron chi connectivity index (χ4n) is 4.82. The minimum absolute atomic E-state index is 0.155. The molecule has 1 N–H and O–H groups in total. The van der Waals surface area contributed by atoms with Crippen molar-refractivity contribution in [2.24, 2.45) is 0 Å². The number of amides is 1. The third-order valence-electron chi connectivity index (χ3n) is 6.78. The van der Waals surface area contributed by atoms with Gasteiger partial charge in [0.2, 0.25) is 5.91 Å². The third kappa shape index (κ3) is 6.71. The van der Waals surface area contributed by atoms with Crippen molar-refractivity contribution in [3.8, 4) is 11.1 Å². The number of unbranched alkanes of at least 4 members (excludes halogenated alkanes) is 2. The molecule has 0 spiro atoms. The van der Waals surface area contributed by atoms with Crippen LogP contribution in [0.3, 0.4) is 0 Å². The van der Waals surface area contributed by atoms with Gasteiger partial charge < -0.3 is 10.2 Å². The zero-order valence-electron chi connectivity index (χ0n) is 20.3. The maximum absolute atomic E-state index is 12.1. The van der Waals surface area contributed by atoms with Crippen molar-refractivity contribution in [1.29, 1.82) is 0 Å². The summed E-state index contributed by atoms with van der Waals surface area (Å²) in [6.45, 7) is 7.26. The lowest BCUT2D eigenvalue weighted by Gasteiger charge is -2.41. The van der Waals surface area contributed by atoms with Crippen molar-refractivity contribution in [2.45, 2.75) is 45.2 Å². The number of hydrogen-bond acceptors (Lipinski definition) is 3. The monoisotopic (exact) mass is 455 g/mol. The van der Waals surface area contributed by atoms with Gasteiger partial charge in [-0.15, -0.1) is 0 Å². The van der Waals surface area contributed by atoms with Crippen LogP contribution in [0.15, 0.2) is 84.9 Å². The summed E-state index contributed by atoms with van der Waals surface area (Å²) in [4.78, 5) is 17.3. The van der Waals surface area contributed by atoms with Crippen LogP contribution in [0.5, 0.6) is 0 Å². The van der Waals surface area contributed by atoms with E-state index in [0.29, 0.717) is 19.0 Å². The zero-order valence-corrected chi connectivity index (χ0v) is 20.3.